The zero-order chi connectivity index (χ0) is 17.1. The Kier molecular flexibility index (Phi) is 4.43. The minimum Gasteiger partial charge on any atom is -0.467 e. The second-order valence-corrected chi connectivity index (χ2v) is 5.47. The third-order valence-electron chi connectivity index (χ3n) is 3.78. The number of pyridine rings is 1. The van der Waals surface area contributed by atoms with E-state index < -0.39 is 6.10 Å². The molecule has 0 radical (unpaired) electrons. The number of nitrogens with one attached hydrogen (secondary N) is 2. The van der Waals surface area contributed by atoms with Gasteiger partial charge in [-0.2, -0.15) is 0 Å². The number of aromatic amines is 1. The molecule has 7 nitrogen and oxygen atoms in total. The first-order valence-electron chi connectivity index (χ1n) is 7.54. The smallest absolute Gasteiger partial charge is 0.254 e. The van der Waals surface area contributed by atoms with Gasteiger partial charge in [-0.3, -0.25) is 4.79 Å². The van der Waals surface area contributed by atoms with Crippen molar-refractivity contribution in [2.45, 2.75) is 20.0 Å². The number of aryl methyl sites for hydroxylation is 1. The van der Waals surface area contributed by atoms with Crippen molar-refractivity contribution >= 4 is 5.82 Å². The van der Waals surface area contributed by atoms with Gasteiger partial charge in [-0.25, -0.2) is 9.97 Å². The van der Waals surface area contributed by atoms with Crippen molar-refractivity contribution in [1.82, 2.24) is 15.0 Å². The predicted molar refractivity (Wildman–Crippen MR) is 89.7 cm³/mol. The number of aliphatic hydroxyl groups is 1. The average molecular weight is 326 g/mol. The van der Waals surface area contributed by atoms with E-state index in [0.29, 0.717) is 34.2 Å². The Labute approximate surface area is 138 Å². The highest BCUT2D eigenvalue weighted by molar-refractivity contribution is 5.56. The Balaban J connectivity index is 1.70. The summed E-state index contributed by atoms with van der Waals surface area (Å²) in [5, 5.41) is 13.0. The van der Waals surface area contributed by atoms with Gasteiger partial charge in [0, 0.05) is 29.6 Å². The van der Waals surface area contributed by atoms with Gasteiger partial charge in [-0.05, 0) is 38.1 Å². The number of aliphatic hydroxyl groups excluding tert-OH is 1. The molecule has 0 saturated carbocycles. The number of hydrogen-bond acceptors (Lipinski definition) is 6. The summed E-state index contributed by atoms with van der Waals surface area (Å²) in [7, 11) is 0. The van der Waals surface area contributed by atoms with Crippen LogP contribution >= 0.6 is 0 Å². The van der Waals surface area contributed by atoms with Gasteiger partial charge in [0.05, 0.1) is 6.26 Å². The molecule has 0 aliphatic heterocycles. The molecule has 0 bridgehead atoms. The Hall–Kier alpha value is -2.93. The number of aromatic nitrogens is 3. The van der Waals surface area contributed by atoms with Gasteiger partial charge in [0.2, 0.25) is 0 Å². The van der Waals surface area contributed by atoms with Crippen LogP contribution in [0.2, 0.25) is 0 Å². The normalized spacial score (nSPS) is 12.1. The third kappa shape index (κ3) is 3.36. The van der Waals surface area contributed by atoms with Gasteiger partial charge < -0.3 is 19.8 Å². The van der Waals surface area contributed by atoms with E-state index in [-0.39, 0.29) is 12.1 Å². The maximum absolute atomic E-state index is 11.8. The molecule has 0 unspecified atom stereocenters. The van der Waals surface area contributed by atoms with E-state index in [1.807, 2.05) is 6.07 Å². The standard InChI is InChI=1S/C17H18N4O3/c1-10-11(2)20-16(21-17(10)23)12-5-6-15(18-8-12)19-9-13(22)14-4-3-7-24-14/h3-8,13,22H,9H2,1-2H3,(H,18,19)(H,20,21,23)/t13-/m1/s1. The van der Waals surface area contributed by atoms with Crippen LogP contribution in [0.25, 0.3) is 11.4 Å². The first-order chi connectivity index (χ1) is 11.5. The summed E-state index contributed by atoms with van der Waals surface area (Å²) in [5.41, 5.74) is 1.86. The van der Waals surface area contributed by atoms with E-state index in [0.717, 1.165) is 0 Å². The molecule has 0 fully saturated rings. The van der Waals surface area contributed by atoms with Crippen LogP contribution in [0.5, 0.6) is 0 Å². The summed E-state index contributed by atoms with van der Waals surface area (Å²) >= 11 is 0. The van der Waals surface area contributed by atoms with Gasteiger partial charge in [0.25, 0.3) is 5.56 Å². The summed E-state index contributed by atoms with van der Waals surface area (Å²) in [6, 6.07) is 7.01. The number of hydrogen-bond donors (Lipinski definition) is 3. The lowest BCUT2D eigenvalue weighted by molar-refractivity contribution is 0.162. The van der Waals surface area contributed by atoms with Crippen molar-refractivity contribution in [3.8, 4) is 11.4 Å². The number of rotatable bonds is 5. The van der Waals surface area contributed by atoms with E-state index in [1.54, 1.807) is 38.2 Å². The summed E-state index contributed by atoms with van der Waals surface area (Å²) in [6.07, 6.45) is 2.39. The molecule has 3 aromatic rings. The Morgan fingerprint density at radius 1 is 1.33 bits per heavy atom. The lowest BCUT2D eigenvalue weighted by Gasteiger charge is -2.10. The summed E-state index contributed by atoms with van der Waals surface area (Å²) in [6.45, 7) is 3.81. The highest BCUT2D eigenvalue weighted by atomic mass is 16.4. The second kappa shape index (κ2) is 6.67. The van der Waals surface area contributed by atoms with Gasteiger partial charge in [-0.1, -0.05) is 0 Å². The third-order valence-corrected chi connectivity index (χ3v) is 3.78. The molecule has 24 heavy (non-hydrogen) atoms. The van der Waals surface area contributed by atoms with Gasteiger partial charge in [0.1, 0.15) is 23.5 Å². The lowest BCUT2D eigenvalue weighted by atomic mass is 10.2. The number of furan rings is 1. The second-order valence-electron chi connectivity index (χ2n) is 5.47. The molecule has 0 amide bonds. The first kappa shape index (κ1) is 15.9. The Morgan fingerprint density at radius 3 is 2.79 bits per heavy atom. The van der Waals surface area contributed by atoms with Gasteiger partial charge >= 0.3 is 0 Å². The van der Waals surface area contributed by atoms with E-state index in [2.05, 4.69) is 20.3 Å². The average Bonchev–Trinajstić information content (AvgIpc) is 3.12. The molecule has 0 aliphatic carbocycles. The van der Waals surface area contributed by atoms with E-state index in [1.165, 1.54) is 6.26 Å². The number of anilines is 1. The van der Waals surface area contributed by atoms with Crippen LogP contribution in [0, 0.1) is 13.8 Å². The number of nitrogens with zero attached hydrogens (tertiary/aromatic N) is 2. The molecule has 3 aromatic heterocycles. The maximum atomic E-state index is 11.8. The van der Waals surface area contributed by atoms with Gasteiger partial charge in [0.15, 0.2) is 0 Å². The molecule has 0 aromatic carbocycles. The van der Waals surface area contributed by atoms with E-state index in [9.17, 15) is 9.90 Å². The predicted octanol–water partition coefficient (Wildman–Crippen LogP) is 2.19. The zero-order valence-electron chi connectivity index (χ0n) is 13.4. The van der Waals surface area contributed by atoms with Crippen LogP contribution in [0.1, 0.15) is 23.1 Å². The van der Waals surface area contributed by atoms with Crippen LogP contribution in [0.15, 0.2) is 45.9 Å². The monoisotopic (exact) mass is 326 g/mol. The molecule has 0 spiro atoms. The van der Waals surface area contributed by atoms with Crippen LogP contribution in [0.4, 0.5) is 5.82 Å². The topological polar surface area (TPSA) is 104 Å². The Bertz CT molecular complexity index is 870. The zero-order valence-corrected chi connectivity index (χ0v) is 13.4. The highest BCUT2D eigenvalue weighted by Gasteiger charge is 2.10. The Morgan fingerprint density at radius 2 is 2.17 bits per heavy atom. The number of H-pyrrole nitrogens is 1. The highest BCUT2D eigenvalue weighted by Crippen LogP contribution is 2.17. The molecule has 0 aliphatic rings. The van der Waals surface area contributed by atoms with Crippen LogP contribution < -0.4 is 10.9 Å². The fourth-order valence-corrected chi connectivity index (χ4v) is 2.20. The fourth-order valence-electron chi connectivity index (χ4n) is 2.20. The largest absolute Gasteiger partial charge is 0.467 e. The van der Waals surface area contributed by atoms with Crippen molar-refractivity contribution < 1.29 is 9.52 Å². The van der Waals surface area contributed by atoms with E-state index in [4.69, 9.17) is 4.42 Å². The molecule has 3 heterocycles. The molecule has 0 saturated heterocycles. The molecule has 1 atom stereocenters. The van der Waals surface area contributed by atoms with Crippen molar-refractivity contribution in [2.75, 3.05) is 11.9 Å². The molecular weight excluding hydrogens is 308 g/mol. The minimum absolute atomic E-state index is 0.152. The summed E-state index contributed by atoms with van der Waals surface area (Å²) in [5.74, 6) is 1.59. The van der Waals surface area contributed by atoms with Gasteiger partial charge in [-0.15, -0.1) is 0 Å². The van der Waals surface area contributed by atoms with Crippen molar-refractivity contribution in [1.29, 1.82) is 0 Å². The minimum atomic E-state index is -0.751. The molecule has 7 heteroatoms. The summed E-state index contributed by atoms with van der Waals surface area (Å²) < 4.78 is 5.14. The van der Waals surface area contributed by atoms with Crippen molar-refractivity contribution in [2.24, 2.45) is 0 Å². The maximum Gasteiger partial charge on any atom is 0.254 e. The fraction of sp³-hybridized carbons (Fsp3) is 0.235. The first-order valence-corrected chi connectivity index (χ1v) is 7.54. The van der Waals surface area contributed by atoms with Crippen LogP contribution in [0.3, 0.4) is 0 Å². The lowest BCUT2D eigenvalue weighted by Crippen LogP contribution is -2.14. The molecule has 3 N–H and O–H groups in total. The molecule has 3 rings (SSSR count). The van der Waals surface area contributed by atoms with Crippen LogP contribution in [-0.2, 0) is 0 Å². The van der Waals surface area contributed by atoms with Crippen molar-refractivity contribution in [3.05, 3.63) is 64.1 Å². The summed E-state index contributed by atoms with van der Waals surface area (Å²) in [4.78, 5) is 23.2. The molecule has 124 valence electrons. The van der Waals surface area contributed by atoms with Crippen LogP contribution in [-0.4, -0.2) is 26.6 Å². The molecular formula is C17H18N4O3. The quantitative estimate of drug-likeness (QED) is 0.664. The van der Waals surface area contributed by atoms with E-state index >= 15 is 0 Å². The SMILES string of the molecule is Cc1nc(-c2ccc(NC[C@@H](O)c3ccco3)nc2)[nH]c(=O)c1C. The van der Waals surface area contributed by atoms with Crippen molar-refractivity contribution in [3.63, 3.8) is 0 Å².